The van der Waals surface area contributed by atoms with Gasteiger partial charge in [0.2, 0.25) is 0 Å². The van der Waals surface area contributed by atoms with Crippen LogP contribution < -0.4 is 0 Å². The third-order valence-electron chi connectivity index (χ3n) is 3.36. The highest BCUT2D eigenvalue weighted by Gasteiger charge is 2.30. The predicted octanol–water partition coefficient (Wildman–Crippen LogP) is 5.09. The fraction of sp³-hybridized carbons (Fsp3) is 0.357. The summed E-state index contributed by atoms with van der Waals surface area (Å²) in [5.41, 5.74) is -1.05. The summed E-state index contributed by atoms with van der Waals surface area (Å²) in [7, 11) is 0. The van der Waals surface area contributed by atoms with Crippen molar-refractivity contribution in [3.05, 3.63) is 41.2 Å². The second-order valence-corrected chi connectivity index (χ2v) is 4.80. The van der Waals surface area contributed by atoms with Crippen LogP contribution in [0.2, 0.25) is 0 Å². The summed E-state index contributed by atoms with van der Waals surface area (Å²) in [6.45, 7) is 0. The topological polar surface area (TPSA) is 26.0 Å². The van der Waals surface area contributed by atoms with Gasteiger partial charge in [0.25, 0.3) is 12.9 Å². The molecule has 0 aliphatic heterocycles. The molecule has 1 saturated carbocycles. The van der Waals surface area contributed by atoms with Crippen molar-refractivity contribution in [3.8, 4) is 11.3 Å². The van der Waals surface area contributed by atoms with Gasteiger partial charge < -0.3 is 4.52 Å². The Kier molecular flexibility index (Phi) is 3.23. The first-order chi connectivity index (χ1) is 9.58. The minimum Gasteiger partial charge on any atom is -0.360 e. The van der Waals surface area contributed by atoms with Crippen LogP contribution in [0.15, 0.2) is 28.8 Å². The summed E-state index contributed by atoms with van der Waals surface area (Å²) < 4.78 is 57.2. The van der Waals surface area contributed by atoms with Gasteiger partial charge in [-0.1, -0.05) is 23.4 Å². The van der Waals surface area contributed by atoms with Gasteiger partial charge in [-0.3, -0.25) is 0 Å². The first kappa shape index (κ1) is 13.1. The summed E-state index contributed by atoms with van der Waals surface area (Å²) in [6, 6.07) is 4.97. The molecule has 0 amide bonds. The van der Waals surface area contributed by atoms with Gasteiger partial charge in [0.1, 0.15) is 11.5 Å². The van der Waals surface area contributed by atoms with Crippen molar-refractivity contribution in [3.63, 3.8) is 0 Å². The Morgan fingerprint density at radius 2 is 1.65 bits per heavy atom. The van der Waals surface area contributed by atoms with Crippen LogP contribution in [0.25, 0.3) is 11.3 Å². The SMILES string of the molecule is FC(F)c1cccc(C(F)F)c1-c1cc(C2CC2)on1. The lowest BCUT2D eigenvalue weighted by atomic mass is 9.98. The van der Waals surface area contributed by atoms with Crippen molar-refractivity contribution in [1.82, 2.24) is 5.16 Å². The minimum absolute atomic E-state index is 0.0538. The maximum Gasteiger partial charge on any atom is 0.264 e. The molecule has 0 radical (unpaired) electrons. The zero-order chi connectivity index (χ0) is 14.3. The van der Waals surface area contributed by atoms with E-state index in [9.17, 15) is 17.6 Å². The normalized spacial score (nSPS) is 15.3. The van der Waals surface area contributed by atoms with Gasteiger partial charge in [0, 0.05) is 28.7 Å². The third kappa shape index (κ3) is 2.30. The molecule has 0 bridgehead atoms. The minimum atomic E-state index is -2.84. The molecule has 1 fully saturated rings. The van der Waals surface area contributed by atoms with Crippen LogP contribution in [0.3, 0.4) is 0 Å². The van der Waals surface area contributed by atoms with Gasteiger partial charge in [0.15, 0.2) is 0 Å². The fourth-order valence-corrected chi connectivity index (χ4v) is 2.22. The first-order valence-corrected chi connectivity index (χ1v) is 6.24. The number of benzene rings is 1. The summed E-state index contributed by atoms with van der Waals surface area (Å²) in [5, 5.41) is 3.69. The zero-order valence-corrected chi connectivity index (χ0v) is 10.3. The predicted molar refractivity (Wildman–Crippen MR) is 63.8 cm³/mol. The highest BCUT2D eigenvalue weighted by atomic mass is 19.3. The molecule has 1 aliphatic carbocycles. The Morgan fingerprint density at radius 1 is 1.05 bits per heavy atom. The van der Waals surface area contributed by atoms with Crippen LogP contribution in [-0.4, -0.2) is 5.16 Å². The summed E-state index contributed by atoms with van der Waals surface area (Å²) in [6.07, 6.45) is -3.78. The zero-order valence-electron chi connectivity index (χ0n) is 10.3. The van der Waals surface area contributed by atoms with Crippen molar-refractivity contribution in [2.24, 2.45) is 0 Å². The summed E-state index contributed by atoms with van der Waals surface area (Å²) >= 11 is 0. The molecule has 0 N–H and O–H groups in total. The smallest absolute Gasteiger partial charge is 0.264 e. The van der Waals surface area contributed by atoms with Gasteiger partial charge in [0.05, 0.1) is 0 Å². The molecule has 0 saturated heterocycles. The van der Waals surface area contributed by atoms with Crippen molar-refractivity contribution < 1.29 is 22.1 Å². The first-order valence-electron chi connectivity index (χ1n) is 6.24. The average Bonchev–Trinajstić information content (AvgIpc) is 3.16. The van der Waals surface area contributed by atoms with E-state index in [1.807, 2.05) is 0 Å². The lowest BCUT2D eigenvalue weighted by Gasteiger charge is -2.11. The van der Waals surface area contributed by atoms with E-state index in [1.165, 1.54) is 12.1 Å². The maximum atomic E-state index is 13.0. The Labute approximate surface area is 112 Å². The standard InChI is InChI=1S/C14H11F4NO/c15-13(16)8-2-1-3-9(14(17)18)12(8)10-6-11(20-19-10)7-4-5-7/h1-3,6-7,13-14H,4-5H2. The molecule has 1 heterocycles. The number of rotatable bonds is 4. The van der Waals surface area contributed by atoms with Crippen molar-refractivity contribution in [2.45, 2.75) is 31.6 Å². The van der Waals surface area contributed by atoms with E-state index in [2.05, 4.69) is 5.16 Å². The molecular weight excluding hydrogens is 274 g/mol. The molecule has 1 aliphatic rings. The molecule has 0 spiro atoms. The second kappa shape index (κ2) is 4.92. The largest absolute Gasteiger partial charge is 0.360 e. The average molecular weight is 285 g/mol. The monoisotopic (exact) mass is 285 g/mol. The van der Waals surface area contributed by atoms with Crippen LogP contribution in [0.4, 0.5) is 17.6 Å². The van der Waals surface area contributed by atoms with Crippen molar-refractivity contribution >= 4 is 0 Å². The van der Waals surface area contributed by atoms with Crippen LogP contribution in [-0.2, 0) is 0 Å². The van der Waals surface area contributed by atoms with Crippen LogP contribution in [0.5, 0.6) is 0 Å². The number of aromatic nitrogens is 1. The molecule has 1 aromatic heterocycles. The third-order valence-corrected chi connectivity index (χ3v) is 3.36. The molecule has 106 valence electrons. The summed E-state index contributed by atoms with van der Waals surface area (Å²) in [4.78, 5) is 0. The Balaban J connectivity index is 2.12. The molecule has 0 atom stereocenters. The molecule has 20 heavy (non-hydrogen) atoms. The van der Waals surface area contributed by atoms with Gasteiger partial charge in [-0.25, -0.2) is 17.6 Å². The molecule has 1 aromatic carbocycles. The maximum absolute atomic E-state index is 13.0. The van der Waals surface area contributed by atoms with Crippen LogP contribution in [0.1, 0.15) is 48.5 Å². The Morgan fingerprint density at radius 3 is 2.15 bits per heavy atom. The van der Waals surface area contributed by atoms with E-state index in [-0.39, 0.29) is 17.2 Å². The fourth-order valence-electron chi connectivity index (χ4n) is 2.22. The second-order valence-electron chi connectivity index (χ2n) is 4.80. The molecule has 2 nitrogen and oxygen atoms in total. The van der Waals surface area contributed by atoms with E-state index in [0.717, 1.165) is 25.0 Å². The lowest BCUT2D eigenvalue weighted by Crippen LogP contribution is -1.97. The van der Waals surface area contributed by atoms with Gasteiger partial charge in [-0.2, -0.15) is 0 Å². The van der Waals surface area contributed by atoms with E-state index >= 15 is 0 Å². The van der Waals surface area contributed by atoms with E-state index < -0.39 is 24.0 Å². The van der Waals surface area contributed by atoms with Gasteiger partial charge in [-0.15, -0.1) is 0 Å². The van der Waals surface area contributed by atoms with Crippen molar-refractivity contribution in [1.29, 1.82) is 0 Å². The molecule has 3 rings (SSSR count). The number of halogens is 4. The quantitative estimate of drug-likeness (QED) is 0.731. The van der Waals surface area contributed by atoms with Crippen molar-refractivity contribution in [2.75, 3.05) is 0 Å². The molecular formula is C14H11F4NO. The number of alkyl halides is 4. The number of hydrogen-bond acceptors (Lipinski definition) is 2. The van der Waals surface area contributed by atoms with E-state index in [4.69, 9.17) is 4.52 Å². The Bertz CT molecular complexity index is 593. The van der Waals surface area contributed by atoms with E-state index in [1.54, 1.807) is 0 Å². The number of nitrogens with zero attached hydrogens (tertiary/aromatic N) is 1. The highest BCUT2D eigenvalue weighted by molar-refractivity contribution is 5.68. The molecule has 0 unspecified atom stereocenters. The van der Waals surface area contributed by atoms with Crippen LogP contribution in [0, 0.1) is 0 Å². The Hall–Kier alpha value is -1.85. The van der Waals surface area contributed by atoms with E-state index in [0.29, 0.717) is 5.76 Å². The highest BCUT2D eigenvalue weighted by Crippen LogP contribution is 2.43. The summed E-state index contributed by atoms with van der Waals surface area (Å²) in [5.74, 6) is 0.814. The molecule has 2 aromatic rings. The lowest BCUT2D eigenvalue weighted by molar-refractivity contribution is 0.145. The van der Waals surface area contributed by atoms with Gasteiger partial charge in [-0.05, 0) is 12.8 Å². The number of hydrogen-bond donors (Lipinski definition) is 0. The van der Waals surface area contributed by atoms with Gasteiger partial charge >= 0.3 is 0 Å². The van der Waals surface area contributed by atoms with Crippen LogP contribution >= 0.6 is 0 Å². The molecule has 6 heteroatoms.